The van der Waals surface area contributed by atoms with Crippen LogP contribution in [0.3, 0.4) is 0 Å². The minimum atomic E-state index is -0.446. The van der Waals surface area contributed by atoms with E-state index in [1.54, 1.807) is 29.2 Å². The molecular formula is C16H16N4O4. The minimum absolute atomic E-state index is 0.0298. The van der Waals surface area contributed by atoms with Crippen molar-refractivity contribution in [3.8, 4) is 5.75 Å². The largest absolute Gasteiger partial charge is 0.415 e. The highest BCUT2D eigenvalue weighted by molar-refractivity contribution is 5.71. The number of hydrogen-bond acceptors (Lipinski definition) is 6. The van der Waals surface area contributed by atoms with Crippen LogP contribution in [0.5, 0.6) is 5.75 Å². The van der Waals surface area contributed by atoms with E-state index in [0.717, 1.165) is 0 Å². The van der Waals surface area contributed by atoms with Crippen LogP contribution in [0.4, 0.5) is 16.3 Å². The zero-order chi connectivity index (χ0) is 16.9. The van der Waals surface area contributed by atoms with E-state index in [-0.39, 0.29) is 5.69 Å². The third-order valence-electron chi connectivity index (χ3n) is 3.75. The van der Waals surface area contributed by atoms with Crippen LogP contribution in [0.25, 0.3) is 0 Å². The van der Waals surface area contributed by atoms with E-state index in [4.69, 9.17) is 4.74 Å². The van der Waals surface area contributed by atoms with Gasteiger partial charge in [0.25, 0.3) is 0 Å². The molecule has 1 aliphatic rings. The molecular weight excluding hydrogens is 312 g/mol. The van der Waals surface area contributed by atoms with Crippen LogP contribution in [0.1, 0.15) is 0 Å². The Labute approximate surface area is 138 Å². The lowest BCUT2D eigenvalue weighted by molar-refractivity contribution is -0.384. The Morgan fingerprint density at radius 1 is 1.08 bits per heavy atom. The molecule has 2 heterocycles. The van der Waals surface area contributed by atoms with Crippen molar-refractivity contribution in [2.45, 2.75) is 0 Å². The molecule has 24 heavy (non-hydrogen) atoms. The summed E-state index contributed by atoms with van der Waals surface area (Å²) in [6, 6.07) is 11.8. The normalized spacial score (nSPS) is 14.3. The van der Waals surface area contributed by atoms with Crippen LogP contribution < -0.4 is 9.64 Å². The van der Waals surface area contributed by atoms with Crippen LogP contribution in [0.2, 0.25) is 0 Å². The Kier molecular flexibility index (Phi) is 4.55. The van der Waals surface area contributed by atoms with Crippen molar-refractivity contribution < 1.29 is 14.5 Å². The lowest BCUT2D eigenvalue weighted by atomic mass is 10.3. The molecule has 1 saturated heterocycles. The molecule has 1 fully saturated rings. The first-order valence-electron chi connectivity index (χ1n) is 7.51. The Balaban J connectivity index is 1.62. The van der Waals surface area contributed by atoms with Crippen LogP contribution in [0, 0.1) is 10.1 Å². The predicted octanol–water partition coefficient (Wildman–Crippen LogP) is 2.31. The van der Waals surface area contributed by atoms with Gasteiger partial charge in [0.05, 0.1) is 4.92 Å². The summed E-state index contributed by atoms with van der Waals surface area (Å²) in [5.41, 5.74) is -0.0298. The third kappa shape index (κ3) is 3.43. The Morgan fingerprint density at radius 3 is 2.46 bits per heavy atom. The monoisotopic (exact) mass is 328 g/mol. The molecule has 1 amide bonds. The fourth-order valence-electron chi connectivity index (χ4n) is 2.53. The molecule has 1 aromatic carbocycles. The van der Waals surface area contributed by atoms with Crippen molar-refractivity contribution >= 4 is 17.6 Å². The lowest BCUT2D eigenvalue weighted by Gasteiger charge is -2.34. The molecule has 8 heteroatoms. The topological polar surface area (TPSA) is 88.8 Å². The van der Waals surface area contributed by atoms with Crippen molar-refractivity contribution in [2.75, 3.05) is 31.1 Å². The van der Waals surface area contributed by atoms with E-state index >= 15 is 0 Å². The molecule has 0 saturated carbocycles. The maximum absolute atomic E-state index is 12.1. The number of benzene rings is 1. The number of anilines is 1. The number of ether oxygens (including phenoxy) is 1. The second kappa shape index (κ2) is 6.95. The van der Waals surface area contributed by atoms with Crippen molar-refractivity contribution in [3.05, 3.63) is 58.8 Å². The zero-order valence-electron chi connectivity index (χ0n) is 12.9. The molecule has 0 radical (unpaired) electrons. The number of carbonyl (C=O) groups is 1. The van der Waals surface area contributed by atoms with Gasteiger partial charge in [-0.05, 0) is 18.2 Å². The van der Waals surface area contributed by atoms with Gasteiger partial charge in [-0.2, -0.15) is 0 Å². The summed E-state index contributed by atoms with van der Waals surface area (Å²) >= 11 is 0. The first-order chi connectivity index (χ1) is 11.6. The maximum Gasteiger partial charge on any atom is 0.415 e. The summed E-state index contributed by atoms with van der Waals surface area (Å²) in [7, 11) is 0. The molecule has 0 bridgehead atoms. The molecule has 0 atom stereocenters. The van der Waals surface area contributed by atoms with E-state index < -0.39 is 11.0 Å². The fourth-order valence-corrected chi connectivity index (χ4v) is 2.53. The highest BCUT2D eigenvalue weighted by Gasteiger charge is 2.27. The number of pyridine rings is 1. The summed E-state index contributed by atoms with van der Waals surface area (Å²) in [6.45, 7) is 1.75. The molecule has 0 spiro atoms. The average molecular weight is 328 g/mol. The molecule has 2 aromatic rings. The van der Waals surface area contributed by atoms with Crippen LogP contribution in [-0.2, 0) is 0 Å². The number of nitrogens with zero attached hydrogens (tertiary/aromatic N) is 4. The molecule has 0 aliphatic carbocycles. The van der Waals surface area contributed by atoms with Gasteiger partial charge in [-0.25, -0.2) is 9.78 Å². The number of hydrogen-bond donors (Lipinski definition) is 0. The molecule has 0 unspecified atom stereocenters. The van der Waals surface area contributed by atoms with Gasteiger partial charge >= 0.3 is 11.8 Å². The molecule has 1 aromatic heterocycles. The summed E-state index contributed by atoms with van der Waals surface area (Å²) < 4.78 is 5.30. The number of piperazine rings is 1. The predicted molar refractivity (Wildman–Crippen MR) is 87.1 cm³/mol. The maximum atomic E-state index is 12.1. The van der Waals surface area contributed by atoms with Gasteiger partial charge in [0.2, 0.25) is 5.82 Å². The molecule has 124 valence electrons. The second-order valence-electron chi connectivity index (χ2n) is 5.26. The Hall–Kier alpha value is -3.16. The summed E-state index contributed by atoms with van der Waals surface area (Å²) in [5, 5.41) is 11.1. The first kappa shape index (κ1) is 15.7. The molecule has 3 rings (SSSR count). The van der Waals surface area contributed by atoms with Crippen molar-refractivity contribution in [1.82, 2.24) is 9.88 Å². The van der Waals surface area contributed by atoms with Crippen molar-refractivity contribution in [3.63, 3.8) is 0 Å². The lowest BCUT2D eigenvalue weighted by Crippen LogP contribution is -2.50. The fraction of sp³-hybridized carbons (Fsp3) is 0.250. The first-order valence-corrected chi connectivity index (χ1v) is 7.51. The highest BCUT2D eigenvalue weighted by Crippen LogP contribution is 2.25. The van der Waals surface area contributed by atoms with E-state index in [1.165, 1.54) is 18.3 Å². The van der Waals surface area contributed by atoms with E-state index in [9.17, 15) is 14.9 Å². The number of aromatic nitrogens is 1. The van der Waals surface area contributed by atoms with Gasteiger partial charge in [-0.3, -0.25) is 10.1 Å². The van der Waals surface area contributed by atoms with Gasteiger partial charge in [0, 0.05) is 38.4 Å². The number of carbonyl (C=O) groups excluding carboxylic acids is 1. The second-order valence-corrected chi connectivity index (χ2v) is 5.26. The smallest absolute Gasteiger partial charge is 0.410 e. The van der Waals surface area contributed by atoms with Gasteiger partial charge in [0.1, 0.15) is 5.75 Å². The molecule has 8 nitrogen and oxygen atoms in total. The molecule has 1 aliphatic heterocycles. The Morgan fingerprint density at radius 2 is 1.79 bits per heavy atom. The van der Waals surface area contributed by atoms with Crippen LogP contribution in [-0.4, -0.2) is 47.1 Å². The average Bonchev–Trinajstić information content (AvgIpc) is 2.62. The third-order valence-corrected chi connectivity index (χ3v) is 3.75. The van der Waals surface area contributed by atoms with E-state index in [0.29, 0.717) is 37.7 Å². The van der Waals surface area contributed by atoms with Crippen molar-refractivity contribution in [1.29, 1.82) is 0 Å². The number of amides is 1. The quantitative estimate of drug-likeness (QED) is 0.634. The summed E-state index contributed by atoms with van der Waals surface area (Å²) in [5.74, 6) is 0.823. The molecule has 0 N–H and O–H groups in total. The standard InChI is InChI=1S/C16H16N4O4/c21-16(24-13-5-2-1-3-6-13)19-11-9-18(10-12-19)15-14(20(22)23)7-4-8-17-15/h1-8H,9-12H2. The number of para-hydroxylation sites is 1. The summed E-state index contributed by atoms with van der Waals surface area (Å²) in [4.78, 5) is 30.3. The SMILES string of the molecule is O=C(Oc1ccccc1)N1CCN(c2ncccc2[N+](=O)[O-])CC1. The van der Waals surface area contributed by atoms with Gasteiger partial charge in [0.15, 0.2) is 0 Å². The van der Waals surface area contributed by atoms with Gasteiger partial charge < -0.3 is 14.5 Å². The van der Waals surface area contributed by atoms with Gasteiger partial charge in [-0.15, -0.1) is 0 Å². The van der Waals surface area contributed by atoms with Crippen LogP contribution >= 0.6 is 0 Å². The number of rotatable bonds is 3. The Bertz CT molecular complexity index is 730. The van der Waals surface area contributed by atoms with Crippen molar-refractivity contribution in [2.24, 2.45) is 0 Å². The summed E-state index contributed by atoms with van der Waals surface area (Å²) in [6.07, 6.45) is 1.11. The van der Waals surface area contributed by atoms with E-state index in [1.807, 2.05) is 11.0 Å². The van der Waals surface area contributed by atoms with E-state index in [2.05, 4.69) is 4.98 Å². The van der Waals surface area contributed by atoms with Gasteiger partial charge in [-0.1, -0.05) is 18.2 Å². The highest BCUT2D eigenvalue weighted by atomic mass is 16.6. The minimum Gasteiger partial charge on any atom is -0.410 e. The number of nitro groups is 1. The zero-order valence-corrected chi connectivity index (χ0v) is 12.9. The van der Waals surface area contributed by atoms with Crippen LogP contribution in [0.15, 0.2) is 48.7 Å².